The monoisotopic (exact) mass is 304 g/mol. The molecule has 2 aromatic carbocycles. The number of para-hydroxylation sites is 1. The summed E-state index contributed by atoms with van der Waals surface area (Å²) >= 11 is 3.34. The van der Waals surface area contributed by atoms with E-state index in [1.165, 1.54) is 12.1 Å². The lowest BCUT2D eigenvalue weighted by Crippen LogP contribution is -2.06. The lowest BCUT2D eigenvalue weighted by atomic mass is 10.1. The molecule has 0 bridgehead atoms. The standard InChI is InChI=1S/C15H10BrFO/c1-2-15(18-12-6-4-3-5-7-12)13-10-11(17)8-9-14(13)16/h1,3-10,15H. The van der Waals surface area contributed by atoms with Crippen LogP contribution in [0.3, 0.4) is 0 Å². The second-order valence-electron chi connectivity index (χ2n) is 3.64. The molecule has 0 fully saturated rings. The summed E-state index contributed by atoms with van der Waals surface area (Å²) in [6.07, 6.45) is 4.83. The van der Waals surface area contributed by atoms with Crippen LogP contribution in [-0.2, 0) is 0 Å². The van der Waals surface area contributed by atoms with Gasteiger partial charge in [-0.05, 0) is 30.3 Å². The molecule has 0 heterocycles. The van der Waals surface area contributed by atoms with Gasteiger partial charge in [-0.3, -0.25) is 0 Å². The van der Waals surface area contributed by atoms with Gasteiger partial charge >= 0.3 is 0 Å². The number of hydrogen-bond acceptors (Lipinski definition) is 1. The van der Waals surface area contributed by atoms with Gasteiger partial charge < -0.3 is 4.74 Å². The van der Waals surface area contributed by atoms with Crippen LogP contribution in [0.4, 0.5) is 4.39 Å². The minimum Gasteiger partial charge on any atom is -0.473 e. The molecule has 2 rings (SSSR count). The number of benzene rings is 2. The van der Waals surface area contributed by atoms with Crippen molar-refractivity contribution in [2.75, 3.05) is 0 Å². The van der Waals surface area contributed by atoms with E-state index in [1.54, 1.807) is 18.2 Å². The summed E-state index contributed by atoms with van der Waals surface area (Å²) < 4.78 is 19.6. The molecule has 90 valence electrons. The average Bonchev–Trinajstić information content (AvgIpc) is 2.40. The van der Waals surface area contributed by atoms with Gasteiger partial charge in [-0.25, -0.2) is 4.39 Å². The van der Waals surface area contributed by atoms with E-state index in [9.17, 15) is 4.39 Å². The van der Waals surface area contributed by atoms with E-state index in [-0.39, 0.29) is 5.82 Å². The molecule has 0 aliphatic rings. The van der Waals surface area contributed by atoms with E-state index in [0.29, 0.717) is 11.3 Å². The summed E-state index contributed by atoms with van der Waals surface area (Å²) in [5.74, 6) is 2.82. The largest absolute Gasteiger partial charge is 0.473 e. The number of ether oxygens (including phenoxy) is 1. The highest BCUT2D eigenvalue weighted by atomic mass is 79.9. The highest BCUT2D eigenvalue weighted by molar-refractivity contribution is 9.10. The third kappa shape index (κ3) is 2.91. The Kier molecular flexibility index (Phi) is 4.01. The molecule has 1 nitrogen and oxygen atoms in total. The summed E-state index contributed by atoms with van der Waals surface area (Å²) in [5.41, 5.74) is 0.598. The molecule has 3 heteroatoms. The highest BCUT2D eigenvalue weighted by Gasteiger charge is 2.14. The fourth-order valence-electron chi connectivity index (χ4n) is 1.54. The maximum Gasteiger partial charge on any atom is 0.185 e. The molecule has 0 amide bonds. The summed E-state index contributed by atoms with van der Waals surface area (Å²) in [7, 11) is 0. The van der Waals surface area contributed by atoms with Gasteiger partial charge in [0, 0.05) is 10.0 Å². The molecule has 1 atom stereocenters. The van der Waals surface area contributed by atoms with E-state index < -0.39 is 6.10 Å². The Morgan fingerprint density at radius 3 is 2.56 bits per heavy atom. The Morgan fingerprint density at radius 1 is 1.17 bits per heavy atom. The van der Waals surface area contributed by atoms with Crippen molar-refractivity contribution in [1.29, 1.82) is 0 Å². The van der Waals surface area contributed by atoms with Crippen LogP contribution in [0.15, 0.2) is 53.0 Å². The van der Waals surface area contributed by atoms with Crippen LogP contribution in [0.1, 0.15) is 11.7 Å². The van der Waals surface area contributed by atoms with Gasteiger partial charge in [-0.2, -0.15) is 0 Å². The van der Waals surface area contributed by atoms with Crippen molar-refractivity contribution in [3.63, 3.8) is 0 Å². The van der Waals surface area contributed by atoms with Gasteiger partial charge in [-0.1, -0.05) is 40.0 Å². The van der Waals surface area contributed by atoms with Gasteiger partial charge in [0.05, 0.1) is 0 Å². The maximum absolute atomic E-state index is 13.2. The van der Waals surface area contributed by atoms with Crippen LogP contribution in [0.25, 0.3) is 0 Å². The van der Waals surface area contributed by atoms with Crippen LogP contribution in [0.5, 0.6) is 5.75 Å². The SMILES string of the molecule is C#CC(Oc1ccccc1)c1cc(F)ccc1Br. The first-order chi connectivity index (χ1) is 8.70. The van der Waals surface area contributed by atoms with Gasteiger partial charge in [0.1, 0.15) is 11.6 Å². The zero-order valence-corrected chi connectivity index (χ0v) is 11.0. The summed E-state index contributed by atoms with van der Waals surface area (Å²) in [6, 6.07) is 13.5. The van der Waals surface area contributed by atoms with Gasteiger partial charge in [0.25, 0.3) is 0 Å². The predicted molar refractivity (Wildman–Crippen MR) is 72.7 cm³/mol. The van der Waals surface area contributed by atoms with Gasteiger partial charge in [-0.15, -0.1) is 6.42 Å². The molecule has 0 N–H and O–H groups in total. The van der Waals surface area contributed by atoms with E-state index >= 15 is 0 Å². The zero-order valence-electron chi connectivity index (χ0n) is 9.44. The molecule has 18 heavy (non-hydrogen) atoms. The highest BCUT2D eigenvalue weighted by Crippen LogP contribution is 2.28. The van der Waals surface area contributed by atoms with Gasteiger partial charge in [0.15, 0.2) is 6.10 Å². The quantitative estimate of drug-likeness (QED) is 0.766. The summed E-state index contributed by atoms with van der Waals surface area (Å²) in [6.45, 7) is 0. The molecule has 0 aliphatic carbocycles. The van der Waals surface area contributed by atoms with Crippen LogP contribution in [0.2, 0.25) is 0 Å². The normalized spacial score (nSPS) is 11.6. The fourth-order valence-corrected chi connectivity index (χ4v) is 1.99. The number of terminal acetylenes is 1. The number of hydrogen-bond donors (Lipinski definition) is 0. The van der Waals surface area contributed by atoms with Crippen LogP contribution >= 0.6 is 15.9 Å². The van der Waals surface area contributed by atoms with Crippen molar-refractivity contribution in [2.45, 2.75) is 6.10 Å². The topological polar surface area (TPSA) is 9.23 Å². The van der Waals surface area contributed by atoms with E-state index in [2.05, 4.69) is 21.9 Å². The molecule has 0 saturated carbocycles. The Bertz CT molecular complexity index is 575. The van der Waals surface area contributed by atoms with Gasteiger partial charge in [0.2, 0.25) is 0 Å². The third-order valence-corrected chi connectivity index (χ3v) is 3.11. The zero-order chi connectivity index (χ0) is 13.0. The summed E-state index contributed by atoms with van der Waals surface area (Å²) in [5, 5.41) is 0. The second kappa shape index (κ2) is 5.70. The molecule has 0 spiro atoms. The first-order valence-corrected chi connectivity index (χ1v) is 6.13. The second-order valence-corrected chi connectivity index (χ2v) is 4.50. The maximum atomic E-state index is 13.2. The van der Waals surface area contributed by atoms with Crippen LogP contribution < -0.4 is 4.74 Å². The first-order valence-electron chi connectivity index (χ1n) is 5.33. The molecule has 0 aromatic heterocycles. The smallest absolute Gasteiger partial charge is 0.185 e. The molecular formula is C15H10BrFO. The van der Waals surface area contributed by atoms with Crippen molar-refractivity contribution in [3.8, 4) is 18.1 Å². The first kappa shape index (κ1) is 12.7. The van der Waals surface area contributed by atoms with Crippen LogP contribution in [0, 0.1) is 18.2 Å². The predicted octanol–water partition coefficient (Wildman–Crippen LogP) is 4.34. The minimum absolute atomic E-state index is 0.342. The lowest BCUT2D eigenvalue weighted by Gasteiger charge is -2.15. The van der Waals surface area contributed by atoms with Crippen molar-refractivity contribution in [3.05, 3.63) is 64.4 Å². The van der Waals surface area contributed by atoms with Crippen molar-refractivity contribution in [1.82, 2.24) is 0 Å². The van der Waals surface area contributed by atoms with Crippen LogP contribution in [-0.4, -0.2) is 0 Å². The number of rotatable bonds is 3. The molecule has 1 unspecified atom stereocenters. The Morgan fingerprint density at radius 2 is 1.89 bits per heavy atom. The lowest BCUT2D eigenvalue weighted by molar-refractivity contribution is 0.263. The Balaban J connectivity index is 2.29. The molecule has 2 aromatic rings. The molecule has 0 aliphatic heterocycles. The third-order valence-electron chi connectivity index (χ3n) is 2.39. The van der Waals surface area contributed by atoms with Crippen molar-refractivity contribution < 1.29 is 9.13 Å². The minimum atomic E-state index is -0.627. The van der Waals surface area contributed by atoms with E-state index in [1.807, 2.05) is 18.2 Å². The van der Waals surface area contributed by atoms with E-state index in [0.717, 1.165) is 4.47 Å². The fraction of sp³-hybridized carbons (Fsp3) is 0.0667. The molecular weight excluding hydrogens is 295 g/mol. The molecule has 0 radical (unpaired) electrons. The van der Waals surface area contributed by atoms with E-state index in [4.69, 9.17) is 11.2 Å². The summed E-state index contributed by atoms with van der Waals surface area (Å²) in [4.78, 5) is 0. The number of halogens is 2. The molecule has 0 saturated heterocycles. The van der Waals surface area contributed by atoms with Crippen molar-refractivity contribution >= 4 is 15.9 Å². The Hall–Kier alpha value is -1.79. The Labute approximate surface area is 114 Å². The average molecular weight is 305 g/mol. The van der Waals surface area contributed by atoms with Crippen molar-refractivity contribution in [2.24, 2.45) is 0 Å².